The van der Waals surface area contributed by atoms with E-state index in [2.05, 4.69) is 4.94 Å². The first-order chi connectivity index (χ1) is 8.33. The summed E-state index contributed by atoms with van der Waals surface area (Å²) in [5.74, 6) is 0. The van der Waals surface area contributed by atoms with E-state index in [1.165, 1.54) is 0 Å². The molecule has 0 aliphatic carbocycles. The lowest BCUT2D eigenvalue weighted by molar-refractivity contribution is -0.226. The summed E-state index contributed by atoms with van der Waals surface area (Å²) in [5.41, 5.74) is 0.662. The van der Waals surface area contributed by atoms with Crippen LogP contribution >= 0.6 is 0 Å². The Balaban J connectivity index is 2.54. The number of rotatable bonds is 4. The molecule has 0 saturated heterocycles. The van der Waals surface area contributed by atoms with Crippen LogP contribution < -0.4 is 0 Å². The van der Waals surface area contributed by atoms with Crippen molar-refractivity contribution in [3.63, 3.8) is 0 Å². The second kappa shape index (κ2) is 5.11. The molecule has 0 bridgehead atoms. The van der Waals surface area contributed by atoms with Gasteiger partial charge in [0, 0.05) is 0 Å². The normalized spacial score (nSPS) is 11.4. The van der Waals surface area contributed by atoms with Gasteiger partial charge in [-0.15, -0.1) is 0 Å². The van der Waals surface area contributed by atoms with E-state index in [1.54, 1.807) is 0 Å². The first-order valence-corrected chi connectivity index (χ1v) is 5.74. The van der Waals surface area contributed by atoms with Crippen LogP contribution in [0.2, 0.25) is 0 Å². The predicted molar refractivity (Wildman–Crippen MR) is 66.1 cm³/mol. The zero-order chi connectivity index (χ0) is 12.1. The highest BCUT2D eigenvalue weighted by Crippen LogP contribution is 2.36. The fourth-order valence-corrected chi connectivity index (χ4v) is 2.13. The maximum absolute atomic E-state index is 13.2. The Kier molecular flexibility index (Phi) is 3.55. The summed E-state index contributed by atoms with van der Waals surface area (Å²) in [7, 11) is 0. The third-order valence-corrected chi connectivity index (χ3v) is 3.11. The summed E-state index contributed by atoms with van der Waals surface area (Å²) in [5, 5.41) is 0. The van der Waals surface area contributed by atoms with Gasteiger partial charge in [0.05, 0.1) is 0 Å². The van der Waals surface area contributed by atoms with Gasteiger partial charge in [-0.05, 0) is 22.1 Å². The molecule has 0 heterocycles. The summed E-state index contributed by atoms with van der Waals surface area (Å²) in [6, 6.07) is 18.9. The van der Waals surface area contributed by atoms with Gasteiger partial charge in [0.15, 0.2) is 5.60 Å². The van der Waals surface area contributed by atoms with E-state index >= 15 is 0 Å². The first kappa shape index (κ1) is 11.8. The SMILES string of the molecule is CCC(OF)(c1ccccc1)c1ccccc1. The minimum Gasteiger partial charge on any atom is -0.178 e. The van der Waals surface area contributed by atoms with Gasteiger partial charge >= 0.3 is 0 Å². The van der Waals surface area contributed by atoms with Crippen LogP contribution in [0.4, 0.5) is 4.53 Å². The Morgan fingerprint density at radius 3 is 1.59 bits per heavy atom. The van der Waals surface area contributed by atoms with Gasteiger partial charge in [-0.25, -0.2) is 0 Å². The van der Waals surface area contributed by atoms with Crippen molar-refractivity contribution in [2.45, 2.75) is 18.9 Å². The van der Waals surface area contributed by atoms with Gasteiger partial charge in [0.2, 0.25) is 0 Å². The van der Waals surface area contributed by atoms with Gasteiger partial charge in [0.25, 0.3) is 0 Å². The monoisotopic (exact) mass is 230 g/mol. The zero-order valence-electron chi connectivity index (χ0n) is 9.77. The lowest BCUT2D eigenvalue weighted by atomic mass is 9.84. The van der Waals surface area contributed by atoms with E-state index in [0.717, 1.165) is 11.1 Å². The molecule has 0 aromatic heterocycles. The Labute approximate surface area is 101 Å². The van der Waals surface area contributed by atoms with Crippen molar-refractivity contribution < 1.29 is 9.47 Å². The second-order valence-corrected chi connectivity index (χ2v) is 3.99. The Morgan fingerprint density at radius 1 is 0.882 bits per heavy atom. The molecule has 88 valence electrons. The van der Waals surface area contributed by atoms with Crippen LogP contribution in [0.15, 0.2) is 60.7 Å². The highest BCUT2D eigenvalue weighted by molar-refractivity contribution is 5.35. The summed E-state index contributed by atoms with van der Waals surface area (Å²) < 4.78 is 13.2. The van der Waals surface area contributed by atoms with Gasteiger partial charge in [-0.2, -0.15) is 4.94 Å². The second-order valence-electron chi connectivity index (χ2n) is 3.99. The van der Waals surface area contributed by atoms with E-state index in [9.17, 15) is 4.53 Å². The topological polar surface area (TPSA) is 9.23 Å². The average molecular weight is 230 g/mol. The van der Waals surface area contributed by atoms with Crippen molar-refractivity contribution in [1.82, 2.24) is 0 Å². The molecule has 1 nitrogen and oxygen atoms in total. The fourth-order valence-electron chi connectivity index (χ4n) is 2.13. The summed E-state index contributed by atoms with van der Waals surface area (Å²) in [4.78, 5) is 4.36. The number of hydrogen-bond acceptors (Lipinski definition) is 1. The molecule has 0 amide bonds. The van der Waals surface area contributed by atoms with Gasteiger partial charge in [-0.1, -0.05) is 67.6 Å². The Morgan fingerprint density at radius 2 is 1.29 bits per heavy atom. The third kappa shape index (κ3) is 2.08. The van der Waals surface area contributed by atoms with E-state index in [-0.39, 0.29) is 0 Å². The molecule has 2 aromatic rings. The maximum atomic E-state index is 13.2. The van der Waals surface area contributed by atoms with Crippen LogP contribution in [0.5, 0.6) is 0 Å². The number of benzene rings is 2. The van der Waals surface area contributed by atoms with Gasteiger partial charge in [0.1, 0.15) is 0 Å². The smallest absolute Gasteiger partial charge is 0.158 e. The van der Waals surface area contributed by atoms with Crippen molar-refractivity contribution >= 4 is 0 Å². The molecule has 2 rings (SSSR count). The van der Waals surface area contributed by atoms with E-state index in [4.69, 9.17) is 0 Å². The van der Waals surface area contributed by atoms with Gasteiger partial charge in [-0.3, -0.25) is 0 Å². The fraction of sp³-hybridized carbons (Fsp3) is 0.200. The van der Waals surface area contributed by atoms with Crippen LogP contribution in [0.3, 0.4) is 0 Å². The zero-order valence-corrected chi connectivity index (χ0v) is 9.77. The molecule has 2 heteroatoms. The first-order valence-electron chi connectivity index (χ1n) is 5.74. The van der Waals surface area contributed by atoms with Crippen molar-refractivity contribution in [3.8, 4) is 0 Å². The lowest BCUT2D eigenvalue weighted by Crippen LogP contribution is -2.27. The summed E-state index contributed by atoms with van der Waals surface area (Å²) >= 11 is 0. The molecular weight excluding hydrogens is 215 g/mol. The van der Waals surface area contributed by atoms with E-state index < -0.39 is 5.60 Å². The van der Waals surface area contributed by atoms with Crippen LogP contribution in [0.1, 0.15) is 24.5 Å². The molecule has 0 fully saturated rings. The molecule has 17 heavy (non-hydrogen) atoms. The number of hydrogen-bond donors (Lipinski definition) is 0. The minimum atomic E-state index is -0.998. The lowest BCUT2D eigenvalue weighted by Gasteiger charge is -2.28. The van der Waals surface area contributed by atoms with E-state index in [0.29, 0.717) is 6.42 Å². The molecular formula is C15H15FO. The molecule has 0 aliphatic heterocycles. The quantitative estimate of drug-likeness (QED) is 0.763. The van der Waals surface area contributed by atoms with Crippen molar-refractivity contribution in [2.75, 3.05) is 0 Å². The summed E-state index contributed by atoms with van der Waals surface area (Å²) in [6.45, 7) is 1.92. The minimum absolute atomic E-state index is 0.539. The molecule has 0 radical (unpaired) electrons. The molecule has 0 saturated carbocycles. The van der Waals surface area contributed by atoms with Crippen LogP contribution in [-0.2, 0) is 10.5 Å². The molecule has 0 spiro atoms. The van der Waals surface area contributed by atoms with Gasteiger partial charge < -0.3 is 0 Å². The Hall–Kier alpha value is -1.67. The highest BCUT2D eigenvalue weighted by Gasteiger charge is 2.34. The van der Waals surface area contributed by atoms with Crippen molar-refractivity contribution in [2.24, 2.45) is 0 Å². The molecule has 0 unspecified atom stereocenters. The van der Waals surface area contributed by atoms with Crippen molar-refractivity contribution in [3.05, 3.63) is 71.8 Å². The number of halogens is 1. The average Bonchev–Trinajstić information content (AvgIpc) is 2.43. The Bertz CT molecular complexity index is 407. The molecule has 2 aromatic carbocycles. The molecule has 0 aliphatic rings. The maximum Gasteiger partial charge on any atom is 0.158 e. The molecule has 0 atom stereocenters. The predicted octanol–water partition coefficient (Wildman–Crippen LogP) is 4.24. The van der Waals surface area contributed by atoms with Crippen molar-refractivity contribution in [1.29, 1.82) is 0 Å². The van der Waals surface area contributed by atoms with E-state index in [1.807, 2.05) is 67.6 Å². The van der Waals surface area contributed by atoms with Crippen LogP contribution in [0.25, 0.3) is 0 Å². The third-order valence-electron chi connectivity index (χ3n) is 3.11. The summed E-state index contributed by atoms with van der Waals surface area (Å²) in [6.07, 6.45) is 0.539. The van der Waals surface area contributed by atoms with Crippen LogP contribution in [0, 0.1) is 0 Å². The van der Waals surface area contributed by atoms with Crippen LogP contribution in [-0.4, -0.2) is 0 Å². The standard InChI is InChI=1S/C15H15FO/c1-2-15(17-16,13-9-5-3-6-10-13)14-11-7-4-8-12-14/h3-12H,2H2,1H3. The largest absolute Gasteiger partial charge is 0.178 e. The molecule has 0 N–H and O–H groups in total. The highest BCUT2D eigenvalue weighted by atomic mass is 19.3.